The zero-order valence-corrected chi connectivity index (χ0v) is 7.19. The molecule has 1 N–H and O–H groups in total. The molecule has 0 spiro atoms. The van der Waals surface area contributed by atoms with Gasteiger partial charge in [-0.1, -0.05) is 0 Å². The molecule has 4 heteroatoms. The second kappa shape index (κ2) is 3.38. The number of carboxylic acids is 1. The summed E-state index contributed by atoms with van der Waals surface area (Å²) >= 11 is 0. The molecule has 1 aromatic rings. The topological polar surface area (TPSA) is 55.1 Å². The lowest BCUT2D eigenvalue weighted by molar-refractivity contribution is -0.137. The van der Waals surface area contributed by atoms with Gasteiger partial charge in [-0.25, -0.2) is 0 Å². The molecular weight excluding hydrogens is 156 g/mol. The van der Waals surface area contributed by atoms with E-state index in [1.807, 2.05) is 20.0 Å². The minimum absolute atomic E-state index is 0.0730. The number of aliphatic carboxylic acids is 1. The molecule has 0 unspecified atom stereocenters. The molecule has 0 aliphatic rings. The summed E-state index contributed by atoms with van der Waals surface area (Å²) < 4.78 is 1.67. The van der Waals surface area contributed by atoms with E-state index in [9.17, 15) is 4.79 Å². The van der Waals surface area contributed by atoms with E-state index in [-0.39, 0.29) is 12.5 Å². The second-order valence-electron chi connectivity index (χ2n) is 2.94. The van der Waals surface area contributed by atoms with Gasteiger partial charge in [0.15, 0.2) is 0 Å². The molecule has 0 fully saturated rings. The summed E-state index contributed by atoms with van der Waals surface area (Å²) in [4.78, 5) is 10.3. The normalized spacial score (nSPS) is 12.8. The van der Waals surface area contributed by atoms with Crippen LogP contribution in [0.5, 0.6) is 0 Å². The molecule has 0 bridgehead atoms. The Hall–Kier alpha value is -1.32. The second-order valence-corrected chi connectivity index (χ2v) is 2.94. The van der Waals surface area contributed by atoms with Gasteiger partial charge in [0.25, 0.3) is 0 Å². The van der Waals surface area contributed by atoms with Gasteiger partial charge in [-0.15, -0.1) is 0 Å². The first-order valence-corrected chi connectivity index (χ1v) is 3.82. The molecule has 0 radical (unpaired) electrons. The highest BCUT2D eigenvalue weighted by atomic mass is 16.4. The van der Waals surface area contributed by atoms with Crippen molar-refractivity contribution in [2.75, 3.05) is 0 Å². The maximum Gasteiger partial charge on any atom is 0.305 e. The van der Waals surface area contributed by atoms with Crippen molar-refractivity contribution in [2.24, 2.45) is 0 Å². The lowest BCUT2D eigenvalue weighted by Gasteiger charge is -2.07. The Kier molecular flexibility index (Phi) is 2.47. The predicted octanol–water partition coefficient (Wildman–Crippen LogP) is 1.23. The van der Waals surface area contributed by atoms with Gasteiger partial charge in [0.05, 0.1) is 18.7 Å². The third-order valence-electron chi connectivity index (χ3n) is 1.65. The average Bonchev–Trinajstić information content (AvgIpc) is 2.34. The average molecular weight is 168 g/mol. The zero-order valence-electron chi connectivity index (χ0n) is 7.19. The van der Waals surface area contributed by atoms with Crippen LogP contribution in [0.15, 0.2) is 12.4 Å². The van der Waals surface area contributed by atoms with Crippen molar-refractivity contribution in [3.05, 3.63) is 18.0 Å². The Labute approximate surface area is 70.8 Å². The van der Waals surface area contributed by atoms with Gasteiger partial charge in [-0.3, -0.25) is 9.48 Å². The minimum atomic E-state index is -0.796. The van der Waals surface area contributed by atoms with Crippen LogP contribution in [0.2, 0.25) is 0 Å². The Balaban J connectivity index is 2.64. The smallest absolute Gasteiger partial charge is 0.305 e. The highest BCUT2D eigenvalue weighted by Gasteiger charge is 2.09. The number of hydrogen-bond donors (Lipinski definition) is 1. The maximum atomic E-state index is 10.3. The van der Waals surface area contributed by atoms with Crippen LogP contribution in [0.4, 0.5) is 0 Å². The first-order chi connectivity index (χ1) is 5.59. The fourth-order valence-corrected chi connectivity index (χ4v) is 1.02. The van der Waals surface area contributed by atoms with Gasteiger partial charge in [-0.05, 0) is 19.4 Å². The molecule has 66 valence electrons. The number of aromatic nitrogens is 2. The number of carbonyl (C=O) groups is 1. The maximum absolute atomic E-state index is 10.3. The highest BCUT2D eigenvalue weighted by molar-refractivity contribution is 5.67. The summed E-state index contributed by atoms with van der Waals surface area (Å²) in [6.07, 6.45) is 3.67. The molecule has 1 heterocycles. The molecule has 0 amide bonds. The molecule has 0 saturated heterocycles. The number of nitrogens with zero attached hydrogens (tertiary/aromatic N) is 2. The molecule has 1 atom stereocenters. The fraction of sp³-hybridized carbons (Fsp3) is 0.500. The van der Waals surface area contributed by atoms with E-state index in [1.54, 1.807) is 10.9 Å². The van der Waals surface area contributed by atoms with E-state index < -0.39 is 5.97 Å². The van der Waals surface area contributed by atoms with Crippen molar-refractivity contribution in [3.8, 4) is 0 Å². The van der Waals surface area contributed by atoms with Crippen molar-refractivity contribution in [3.63, 3.8) is 0 Å². The summed E-state index contributed by atoms with van der Waals surface area (Å²) in [6.45, 7) is 3.76. The minimum Gasteiger partial charge on any atom is -0.481 e. The van der Waals surface area contributed by atoms with Crippen LogP contribution < -0.4 is 0 Å². The number of hydrogen-bond acceptors (Lipinski definition) is 2. The van der Waals surface area contributed by atoms with Crippen LogP contribution in [0, 0.1) is 6.92 Å². The Bertz CT molecular complexity index is 280. The van der Waals surface area contributed by atoms with Crippen LogP contribution in [-0.4, -0.2) is 20.9 Å². The van der Waals surface area contributed by atoms with Gasteiger partial charge in [-0.2, -0.15) is 5.10 Å². The summed E-state index contributed by atoms with van der Waals surface area (Å²) in [5.41, 5.74) is 1.05. The van der Waals surface area contributed by atoms with Crippen LogP contribution in [-0.2, 0) is 4.79 Å². The molecule has 0 aliphatic heterocycles. The van der Waals surface area contributed by atoms with Crippen LogP contribution in [0.25, 0.3) is 0 Å². The van der Waals surface area contributed by atoms with Crippen molar-refractivity contribution in [1.82, 2.24) is 9.78 Å². The quantitative estimate of drug-likeness (QED) is 0.738. The first-order valence-electron chi connectivity index (χ1n) is 3.82. The summed E-state index contributed by atoms with van der Waals surface area (Å²) in [7, 11) is 0. The van der Waals surface area contributed by atoms with Crippen molar-refractivity contribution in [1.29, 1.82) is 0 Å². The van der Waals surface area contributed by atoms with Crippen LogP contribution >= 0.6 is 0 Å². The summed E-state index contributed by atoms with van der Waals surface area (Å²) in [6, 6.07) is -0.0730. The van der Waals surface area contributed by atoms with Crippen molar-refractivity contribution in [2.45, 2.75) is 26.3 Å². The van der Waals surface area contributed by atoms with E-state index in [0.717, 1.165) is 5.56 Å². The third-order valence-corrected chi connectivity index (χ3v) is 1.65. The molecular formula is C8H12N2O2. The molecule has 0 saturated carbocycles. The van der Waals surface area contributed by atoms with Gasteiger partial charge < -0.3 is 5.11 Å². The fourth-order valence-electron chi connectivity index (χ4n) is 1.02. The van der Waals surface area contributed by atoms with E-state index in [0.29, 0.717) is 0 Å². The molecule has 4 nitrogen and oxygen atoms in total. The van der Waals surface area contributed by atoms with E-state index >= 15 is 0 Å². The monoisotopic (exact) mass is 168 g/mol. The van der Waals surface area contributed by atoms with Gasteiger partial charge in [0.1, 0.15) is 0 Å². The van der Waals surface area contributed by atoms with E-state index in [2.05, 4.69) is 5.10 Å². The van der Waals surface area contributed by atoms with E-state index in [1.165, 1.54) is 0 Å². The summed E-state index contributed by atoms with van der Waals surface area (Å²) in [5.74, 6) is -0.796. The highest BCUT2D eigenvalue weighted by Crippen LogP contribution is 2.09. The van der Waals surface area contributed by atoms with Crippen LogP contribution in [0.3, 0.4) is 0 Å². The predicted molar refractivity (Wildman–Crippen MR) is 43.9 cm³/mol. The number of carboxylic acid groups (broad SMARTS) is 1. The van der Waals surface area contributed by atoms with Gasteiger partial charge in [0, 0.05) is 6.20 Å². The SMILES string of the molecule is Cc1cnn([C@@H](C)CC(=O)O)c1. The molecule has 1 rings (SSSR count). The largest absolute Gasteiger partial charge is 0.481 e. The Morgan fingerprint density at radius 1 is 1.83 bits per heavy atom. The number of rotatable bonds is 3. The lowest BCUT2D eigenvalue weighted by Crippen LogP contribution is -2.10. The van der Waals surface area contributed by atoms with Crippen molar-refractivity contribution < 1.29 is 9.90 Å². The summed E-state index contributed by atoms with van der Waals surface area (Å²) in [5, 5.41) is 12.5. The first kappa shape index (κ1) is 8.77. The van der Waals surface area contributed by atoms with Gasteiger partial charge in [0.2, 0.25) is 0 Å². The van der Waals surface area contributed by atoms with Crippen molar-refractivity contribution >= 4 is 5.97 Å². The van der Waals surface area contributed by atoms with Crippen LogP contribution in [0.1, 0.15) is 24.9 Å². The molecule has 12 heavy (non-hydrogen) atoms. The molecule has 0 aliphatic carbocycles. The van der Waals surface area contributed by atoms with E-state index in [4.69, 9.17) is 5.11 Å². The molecule has 1 aromatic heterocycles. The molecule has 0 aromatic carbocycles. The third kappa shape index (κ3) is 2.08. The zero-order chi connectivity index (χ0) is 9.14. The Morgan fingerprint density at radius 2 is 2.50 bits per heavy atom. The number of aryl methyl sites for hydroxylation is 1. The lowest BCUT2D eigenvalue weighted by atomic mass is 10.2. The standard InChI is InChI=1S/C8H12N2O2/c1-6-4-9-10(5-6)7(2)3-8(11)12/h4-5,7H,3H2,1-2H3,(H,11,12)/t7-/m0/s1. The van der Waals surface area contributed by atoms with Gasteiger partial charge >= 0.3 is 5.97 Å². The Morgan fingerprint density at radius 3 is 2.92 bits per heavy atom.